The lowest BCUT2D eigenvalue weighted by molar-refractivity contribution is 0.925. The lowest BCUT2D eigenvalue weighted by atomic mass is 10.2. The molecule has 1 aromatic carbocycles. The molecule has 2 aromatic heterocycles. The van der Waals surface area contributed by atoms with E-state index in [2.05, 4.69) is 28.2 Å². The first-order chi connectivity index (χ1) is 7.74. The van der Waals surface area contributed by atoms with E-state index in [1.54, 1.807) is 11.3 Å². The first kappa shape index (κ1) is 9.54. The van der Waals surface area contributed by atoms with Gasteiger partial charge in [0.15, 0.2) is 0 Å². The van der Waals surface area contributed by atoms with Crippen molar-refractivity contribution < 1.29 is 0 Å². The van der Waals surface area contributed by atoms with Crippen molar-refractivity contribution in [2.24, 2.45) is 7.05 Å². The number of benzene rings is 1. The molecule has 0 aliphatic rings. The molecule has 3 aromatic rings. The summed E-state index contributed by atoms with van der Waals surface area (Å²) in [6, 6.07) is 6.31. The Hall–Kier alpha value is -1.68. The molecule has 0 amide bonds. The second-order valence-electron chi connectivity index (χ2n) is 3.78. The minimum absolute atomic E-state index is 0.979. The number of aromatic nitrogens is 3. The molecule has 0 N–H and O–H groups in total. The predicted molar refractivity (Wildman–Crippen MR) is 66.6 cm³/mol. The summed E-state index contributed by atoms with van der Waals surface area (Å²) in [7, 11) is 2.00. The van der Waals surface area contributed by atoms with Crippen LogP contribution in [0.1, 0.15) is 5.01 Å². The van der Waals surface area contributed by atoms with Crippen LogP contribution >= 0.6 is 11.3 Å². The van der Waals surface area contributed by atoms with Crippen molar-refractivity contribution in [3.63, 3.8) is 0 Å². The highest BCUT2D eigenvalue weighted by atomic mass is 32.1. The van der Waals surface area contributed by atoms with Gasteiger partial charge in [0, 0.05) is 25.0 Å². The summed E-state index contributed by atoms with van der Waals surface area (Å²) in [6.07, 6.45) is 3.76. The molecule has 0 bridgehead atoms. The van der Waals surface area contributed by atoms with Crippen LogP contribution in [0, 0.1) is 6.92 Å². The number of aryl methyl sites for hydroxylation is 2. The molecular formula is C12H11N3S. The molecule has 16 heavy (non-hydrogen) atoms. The standard InChI is InChI=1S/C12H11N3S/c1-8-14-10-7-9(3-4-11(10)16-8)12-13-5-6-15(12)2/h3-7H,1-2H3. The Morgan fingerprint density at radius 2 is 2.19 bits per heavy atom. The van der Waals surface area contributed by atoms with Gasteiger partial charge >= 0.3 is 0 Å². The van der Waals surface area contributed by atoms with Crippen LogP contribution in [-0.2, 0) is 7.05 Å². The molecular weight excluding hydrogens is 218 g/mol. The van der Waals surface area contributed by atoms with Gasteiger partial charge in [-0.1, -0.05) is 0 Å². The lowest BCUT2D eigenvalue weighted by Crippen LogP contribution is -1.90. The topological polar surface area (TPSA) is 30.7 Å². The molecule has 0 saturated carbocycles. The summed E-state index contributed by atoms with van der Waals surface area (Å²) in [5.41, 5.74) is 2.17. The molecule has 0 radical (unpaired) electrons. The number of nitrogens with zero attached hydrogens (tertiary/aromatic N) is 3. The molecule has 4 heteroatoms. The van der Waals surface area contributed by atoms with E-state index in [1.807, 2.05) is 30.9 Å². The smallest absolute Gasteiger partial charge is 0.139 e. The SMILES string of the molecule is Cc1nc2cc(-c3nccn3C)ccc2s1. The van der Waals surface area contributed by atoms with Crippen LogP contribution in [0.3, 0.4) is 0 Å². The number of rotatable bonds is 1. The van der Waals surface area contributed by atoms with Crippen molar-refractivity contribution in [2.45, 2.75) is 6.92 Å². The maximum Gasteiger partial charge on any atom is 0.139 e. The first-order valence-electron chi connectivity index (χ1n) is 5.09. The lowest BCUT2D eigenvalue weighted by Gasteiger charge is -2.00. The third kappa shape index (κ3) is 1.42. The Balaban J connectivity index is 2.22. The summed E-state index contributed by atoms with van der Waals surface area (Å²) in [6.45, 7) is 2.03. The van der Waals surface area contributed by atoms with Crippen LogP contribution in [0.15, 0.2) is 30.6 Å². The van der Waals surface area contributed by atoms with Crippen LogP contribution in [0.25, 0.3) is 21.6 Å². The number of fused-ring (bicyclic) bond motifs is 1. The van der Waals surface area contributed by atoms with Gasteiger partial charge in [-0.3, -0.25) is 0 Å². The van der Waals surface area contributed by atoms with E-state index in [0.717, 1.165) is 21.9 Å². The van der Waals surface area contributed by atoms with Crippen LogP contribution in [0.5, 0.6) is 0 Å². The quantitative estimate of drug-likeness (QED) is 0.642. The Morgan fingerprint density at radius 1 is 1.31 bits per heavy atom. The fraction of sp³-hybridized carbons (Fsp3) is 0.167. The summed E-state index contributed by atoms with van der Waals surface area (Å²) in [5, 5.41) is 1.10. The number of hydrogen-bond donors (Lipinski definition) is 0. The summed E-state index contributed by atoms with van der Waals surface area (Å²) < 4.78 is 3.25. The van der Waals surface area contributed by atoms with E-state index in [-0.39, 0.29) is 0 Å². The maximum absolute atomic E-state index is 4.49. The van der Waals surface area contributed by atoms with Gasteiger partial charge < -0.3 is 4.57 Å². The average Bonchev–Trinajstić information content (AvgIpc) is 2.81. The fourth-order valence-electron chi connectivity index (χ4n) is 1.83. The molecule has 3 rings (SSSR count). The van der Waals surface area contributed by atoms with Gasteiger partial charge in [-0.2, -0.15) is 0 Å². The van der Waals surface area contributed by atoms with E-state index in [9.17, 15) is 0 Å². The number of hydrogen-bond acceptors (Lipinski definition) is 3. The van der Waals surface area contributed by atoms with E-state index in [1.165, 1.54) is 4.70 Å². The third-order valence-electron chi connectivity index (χ3n) is 2.57. The Morgan fingerprint density at radius 3 is 2.94 bits per heavy atom. The highest BCUT2D eigenvalue weighted by Gasteiger charge is 2.06. The summed E-state index contributed by atoms with van der Waals surface area (Å²) in [4.78, 5) is 8.83. The van der Waals surface area contributed by atoms with Gasteiger partial charge in [0.05, 0.1) is 15.2 Å². The zero-order valence-electron chi connectivity index (χ0n) is 9.14. The number of imidazole rings is 1. The maximum atomic E-state index is 4.49. The third-order valence-corrected chi connectivity index (χ3v) is 3.53. The van der Waals surface area contributed by atoms with E-state index >= 15 is 0 Å². The second-order valence-corrected chi connectivity index (χ2v) is 5.01. The molecule has 0 atom stereocenters. The highest BCUT2D eigenvalue weighted by molar-refractivity contribution is 7.18. The highest BCUT2D eigenvalue weighted by Crippen LogP contribution is 2.26. The van der Waals surface area contributed by atoms with E-state index < -0.39 is 0 Å². The van der Waals surface area contributed by atoms with Gasteiger partial charge in [-0.15, -0.1) is 11.3 Å². The van der Waals surface area contributed by atoms with E-state index in [4.69, 9.17) is 0 Å². The molecule has 80 valence electrons. The van der Waals surface area contributed by atoms with Crippen LogP contribution in [0.4, 0.5) is 0 Å². The monoisotopic (exact) mass is 229 g/mol. The van der Waals surface area contributed by atoms with Gasteiger partial charge in [0.2, 0.25) is 0 Å². The predicted octanol–water partition coefficient (Wildman–Crippen LogP) is 3.01. The second kappa shape index (κ2) is 3.42. The summed E-state index contributed by atoms with van der Waals surface area (Å²) >= 11 is 1.72. The molecule has 0 fully saturated rings. The zero-order chi connectivity index (χ0) is 11.1. The van der Waals surface area contributed by atoms with Crippen molar-refractivity contribution in [1.82, 2.24) is 14.5 Å². The molecule has 0 aliphatic heterocycles. The zero-order valence-corrected chi connectivity index (χ0v) is 9.95. The van der Waals surface area contributed by atoms with Gasteiger partial charge in [0.25, 0.3) is 0 Å². The van der Waals surface area contributed by atoms with Gasteiger partial charge in [-0.25, -0.2) is 9.97 Å². The first-order valence-corrected chi connectivity index (χ1v) is 5.90. The molecule has 3 nitrogen and oxygen atoms in total. The fourth-order valence-corrected chi connectivity index (χ4v) is 2.63. The average molecular weight is 229 g/mol. The van der Waals surface area contributed by atoms with Crippen LogP contribution in [0.2, 0.25) is 0 Å². The van der Waals surface area contributed by atoms with Crippen molar-refractivity contribution in [3.05, 3.63) is 35.6 Å². The normalized spacial score (nSPS) is 11.1. The van der Waals surface area contributed by atoms with Gasteiger partial charge in [-0.05, 0) is 25.1 Å². The Bertz CT molecular complexity index is 651. The van der Waals surface area contributed by atoms with Crippen molar-refractivity contribution in [2.75, 3.05) is 0 Å². The molecule has 0 spiro atoms. The molecule has 0 aliphatic carbocycles. The molecule has 0 saturated heterocycles. The van der Waals surface area contributed by atoms with Crippen LogP contribution in [-0.4, -0.2) is 14.5 Å². The Labute approximate surface area is 97.4 Å². The minimum Gasteiger partial charge on any atom is -0.334 e. The van der Waals surface area contributed by atoms with Crippen molar-refractivity contribution >= 4 is 21.6 Å². The van der Waals surface area contributed by atoms with E-state index in [0.29, 0.717) is 0 Å². The van der Waals surface area contributed by atoms with Gasteiger partial charge in [0.1, 0.15) is 5.82 Å². The number of thiazole rings is 1. The van der Waals surface area contributed by atoms with Crippen LogP contribution < -0.4 is 0 Å². The Kier molecular flexibility index (Phi) is 2.04. The van der Waals surface area contributed by atoms with Crippen molar-refractivity contribution in [3.8, 4) is 11.4 Å². The largest absolute Gasteiger partial charge is 0.334 e. The minimum atomic E-state index is 0.979. The molecule has 2 heterocycles. The van der Waals surface area contributed by atoms with Crippen molar-refractivity contribution in [1.29, 1.82) is 0 Å². The summed E-state index contributed by atoms with van der Waals surface area (Å²) in [5.74, 6) is 0.979. The molecule has 0 unspecified atom stereocenters.